The minimum absolute atomic E-state index is 0.622. The molecule has 3 heterocycles. The summed E-state index contributed by atoms with van der Waals surface area (Å²) in [6.07, 6.45) is 0. The van der Waals surface area contributed by atoms with Crippen molar-refractivity contribution < 1.29 is 4.74 Å². The Morgan fingerprint density at radius 3 is 2.62 bits per heavy atom. The van der Waals surface area contributed by atoms with E-state index in [1.807, 2.05) is 39.1 Å². The Labute approximate surface area is 198 Å². The molecule has 0 aliphatic carbocycles. The summed E-state index contributed by atoms with van der Waals surface area (Å²) in [5, 5.41) is 7.96. The van der Waals surface area contributed by atoms with E-state index in [-0.39, 0.29) is 0 Å². The maximum absolute atomic E-state index is 5.47. The number of rotatable bonds is 7. The Bertz CT molecular complexity index is 1080. The predicted molar refractivity (Wildman–Crippen MR) is 133 cm³/mol. The average molecular weight is 472 g/mol. The first kappa shape index (κ1) is 22.9. The fraction of sp³-hybridized carbons (Fsp3) is 0.455. The summed E-state index contributed by atoms with van der Waals surface area (Å²) >= 11 is 7.07. The molecule has 1 saturated heterocycles. The number of imidazole rings is 1. The van der Waals surface area contributed by atoms with Gasteiger partial charge in [0.25, 0.3) is 0 Å². The van der Waals surface area contributed by atoms with Gasteiger partial charge in [0.15, 0.2) is 10.3 Å². The zero-order valence-corrected chi connectivity index (χ0v) is 20.4. The summed E-state index contributed by atoms with van der Waals surface area (Å²) < 4.78 is 7.50. The number of nitrogens with zero attached hydrogens (tertiary/aromatic N) is 5. The molecule has 170 valence electrons. The van der Waals surface area contributed by atoms with Gasteiger partial charge in [-0.25, -0.2) is 15.0 Å². The molecule has 1 aliphatic rings. The van der Waals surface area contributed by atoms with Crippen LogP contribution < -0.4 is 10.6 Å². The number of aromatic nitrogens is 4. The highest BCUT2D eigenvalue weighted by atomic mass is 32.2. The lowest BCUT2D eigenvalue weighted by Crippen LogP contribution is -2.42. The highest BCUT2D eigenvalue weighted by molar-refractivity contribution is 7.98. The number of thioether (sulfide) groups is 1. The van der Waals surface area contributed by atoms with Gasteiger partial charge in [0, 0.05) is 50.3 Å². The number of nitrogens with one attached hydrogen (secondary N) is 2. The molecule has 0 bridgehead atoms. The molecule has 0 saturated carbocycles. The molecule has 0 spiro atoms. The Balaban J connectivity index is 1.34. The van der Waals surface area contributed by atoms with Crippen LogP contribution in [0.2, 0.25) is 0 Å². The van der Waals surface area contributed by atoms with Crippen LogP contribution >= 0.6 is 24.0 Å². The Morgan fingerprint density at radius 1 is 1.12 bits per heavy atom. The van der Waals surface area contributed by atoms with Crippen molar-refractivity contribution in [2.45, 2.75) is 24.8 Å². The van der Waals surface area contributed by atoms with Crippen molar-refractivity contribution in [1.82, 2.24) is 29.7 Å². The maximum Gasteiger partial charge on any atom is 0.188 e. The van der Waals surface area contributed by atoms with Gasteiger partial charge in [-0.15, -0.1) is 0 Å². The van der Waals surface area contributed by atoms with Crippen LogP contribution in [0.25, 0.3) is 11.0 Å². The lowest BCUT2D eigenvalue weighted by Gasteiger charge is -2.26. The maximum atomic E-state index is 5.47. The van der Waals surface area contributed by atoms with Crippen molar-refractivity contribution in [3.05, 3.63) is 41.5 Å². The van der Waals surface area contributed by atoms with E-state index in [4.69, 9.17) is 21.9 Å². The molecule has 2 aromatic heterocycles. The summed E-state index contributed by atoms with van der Waals surface area (Å²) in [6, 6.07) is 8.12. The van der Waals surface area contributed by atoms with Gasteiger partial charge >= 0.3 is 0 Å². The van der Waals surface area contributed by atoms with Crippen molar-refractivity contribution in [3.63, 3.8) is 0 Å². The molecule has 3 aromatic rings. The molecule has 8 nitrogen and oxygen atoms in total. The molecule has 1 fully saturated rings. The van der Waals surface area contributed by atoms with E-state index in [1.54, 1.807) is 11.8 Å². The number of anilines is 1. The fourth-order valence-corrected chi connectivity index (χ4v) is 4.82. The van der Waals surface area contributed by atoms with Crippen molar-refractivity contribution in [2.75, 3.05) is 44.7 Å². The van der Waals surface area contributed by atoms with Crippen LogP contribution in [0, 0.1) is 13.8 Å². The monoisotopic (exact) mass is 471 g/mol. The average Bonchev–Trinajstić information content (AvgIpc) is 3.07. The molecule has 4 rings (SSSR count). The Hall–Kier alpha value is -2.27. The lowest BCUT2D eigenvalue weighted by molar-refractivity contribution is 0.0389. The Morgan fingerprint density at radius 2 is 1.88 bits per heavy atom. The fourth-order valence-electron chi connectivity index (χ4n) is 3.67. The van der Waals surface area contributed by atoms with E-state index < -0.39 is 0 Å². The minimum Gasteiger partial charge on any atom is -0.379 e. The molecule has 0 atom stereocenters. The van der Waals surface area contributed by atoms with Gasteiger partial charge in [0.05, 0.1) is 30.0 Å². The standard InChI is InChI=1S/C22H29N7OS2/c1-15-12-16(2)25-22(24-15)32-14-20-27-18-13-17(4-5-19(18)28(20)3)26-21(31)23-6-7-29-8-10-30-11-9-29/h4-5,12-13H,6-11,14H2,1-3H3,(H2,23,26,31). The zero-order valence-electron chi connectivity index (χ0n) is 18.7. The van der Waals surface area contributed by atoms with Crippen LogP contribution in [-0.2, 0) is 17.5 Å². The number of fused-ring (bicyclic) bond motifs is 1. The van der Waals surface area contributed by atoms with Gasteiger partial charge in [-0.2, -0.15) is 0 Å². The summed E-state index contributed by atoms with van der Waals surface area (Å²) in [4.78, 5) is 16.2. The van der Waals surface area contributed by atoms with Gasteiger partial charge in [0.2, 0.25) is 0 Å². The van der Waals surface area contributed by atoms with Gasteiger partial charge in [-0.05, 0) is 50.3 Å². The lowest BCUT2D eigenvalue weighted by atomic mass is 10.3. The molecule has 1 aromatic carbocycles. The summed E-state index contributed by atoms with van der Waals surface area (Å²) in [5.74, 6) is 1.69. The van der Waals surface area contributed by atoms with E-state index in [2.05, 4.69) is 36.1 Å². The molecular formula is C22H29N7OS2. The molecule has 1 aliphatic heterocycles. The first-order valence-corrected chi connectivity index (χ1v) is 12.1. The molecular weight excluding hydrogens is 442 g/mol. The van der Waals surface area contributed by atoms with Crippen molar-refractivity contribution in [2.24, 2.45) is 7.05 Å². The second-order valence-electron chi connectivity index (χ2n) is 7.85. The van der Waals surface area contributed by atoms with Crippen LogP contribution in [0.5, 0.6) is 0 Å². The second kappa shape index (κ2) is 10.6. The van der Waals surface area contributed by atoms with Gasteiger partial charge in [0.1, 0.15) is 5.82 Å². The van der Waals surface area contributed by atoms with E-state index in [9.17, 15) is 0 Å². The van der Waals surface area contributed by atoms with Crippen LogP contribution in [0.3, 0.4) is 0 Å². The molecule has 2 N–H and O–H groups in total. The minimum atomic E-state index is 0.622. The van der Waals surface area contributed by atoms with E-state index >= 15 is 0 Å². The third-order valence-electron chi connectivity index (χ3n) is 5.34. The zero-order chi connectivity index (χ0) is 22.5. The number of benzene rings is 1. The molecule has 0 amide bonds. The van der Waals surface area contributed by atoms with Crippen LogP contribution in [0.1, 0.15) is 17.2 Å². The Kier molecular flexibility index (Phi) is 7.56. The van der Waals surface area contributed by atoms with E-state index in [0.717, 1.165) is 78.5 Å². The summed E-state index contributed by atoms with van der Waals surface area (Å²) in [6.45, 7) is 9.32. The normalized spacial score (nSPS) is 14.6. The summed E-state index contributed by atoms with van der Waals surface area (Å²) in [7, 11) is 2.04. The number of morpholine rings is 1. The molecule has 0 unspecified atom stereocenters. The third-order valence-corrected chi connectivity index (χ3v) is 6.43. The van der Waals surface area contributed by atoms with Gasteiger partial charge in [-0.3, -0.25) is 4.90 Å². The van der Waals surface area contributed by atoms with Crippen LogP contribution in [0.15, 0.2) is 29.4 Å². The topological polar surface area (TPSA) is 80.1 Å². The first-order valence-electron chi connectivity index (χ1n) is 10.7. The quantitative estimate of drug-likeness (QED) is 0.307. The number of aryl methyl sites for hydroxylation is 3. The van der Waals surface area contributed by atoms with Gasteiger partial charge in [-0.1, -0.05) is 11.8 Å². The van der Waals surface area contributed by atoms with Crippen molar-refractivity contribution >= 4 is 45.8 Å². The predicted octanol–water partition coefficient (Wildman–Crippen LogP) is 2.89. The number of ether oxygens (including phenoxy) is 1. The smallest absolute Gasteiger partial charge is 0.188 e. The second-order valence-corrected chi connectivity index (χ2v) is 9.20. The van der Waals surface area contributed by atoms with Gasteiger partial charge < -0.3 is 19.9 Å². The van der Waals surface area contributed by atoms with Crippen LogP contribution in [0.4, 0.5) is 5.69 Å². The van der Waals surface area contributed by atoms with Crippen LogP contribution in [-0.4, -0.2) is 68.9 Å². The highest BCUT2D eigenvalue weighted by Crippen LogP contribution is 2.24. The van der Waals surface area contributed by atoms with Crippen molar-refractivity contribution in [3.8, 4) is 0 Å². The molecule has 0 radical (unpaired) electrons. The van der Waals surface area contributed by atoms with E-state index in [0.29, 0.717) is 10.9 Å². The number of hydrogen-bond donors (Lipinski definition) is 2. The number of hydrogen-bond acceptors (Lipinski definition) is 7. The highest BCUT2D eigenvalue weighted by Gasteiger charge is 2.12. The molecule has 10 heteroatoms. The first-order chi connectivity index (χ1) is 15.5. The van der Waals surface area contributed by atoms with E-state index in [1.165, 1.54) is 0 Å². The SMILES string of the molecule is Cc1cc(C)nc(SCc2nc3cc(NC(=S)NCCN4CCOCC4)ccc3n2C)n1. The summed E-state index contributed by atoms with van der Waals surface area (Å²) in [5.41, 5.74) is 4.91. The van der Waals surface area contributed by atoms with Crippen molar-refractivity contribution in [1.29, 1.82) is 0 Å². The largest absolute Gasteiger partial charge is 0.379 e. The number of thiocarbonyl (C=S) groups is 1. The third kappa shape index (κ3) is 5.94. The molecule has 32 heavy (non-hydrogen) atoms.